The zero-order valence-corrected chi connectivity index (χ0v) is 26.9. The minimum atomic E-state index is -2.20. The summed E-state index contributed by atoms with van der Waals surface area (Å²) < 4.78 is 17.0. The maximum atomic E-state index is 13.2. The standard InChI is InChI=1S/C32H46N2O8.ClH/c1-9-16-33(17-10-2)24-20-32(39,30(37)38)21-27(29(24)34(22(4)35)31(5,6)7)42-28(36)15-13-23-12-14-25(41-18-11-3)26(19-23)40-8;/h9-10,12-15,19,24,27,29,39H,1-2,11,16-18,20-21H2,3-8H3,(H,37,38);1H/b15-13+;/t24-,27-,29+,32+;/m1./s1. The molecule has 0 unspecified atom stereocenters. The third-order valence-corrected chi connectivity index (χ3v) is 7.14. The molecule has 1 amide bonds. The Morgan fingerprint density at radius 2 is 1.74 bits per heavy atom. The van der Waals surface area contributed by atoms with Crippen LogP contribution in [0.3, 0.4) is 0 Å². The quantitative estimate of drug-likeness (QED) is 0.175. The molecule has 0 spiro atoms. The van der Waals surface area contributed by atoms with Crippen molar-refractivity contribution >= 4 is 36.3 Å². The fraction of sp³-hybridized carbons (Fsp3) is 0.531. The summed E-state index contributed by atoms with van der Waals surface area (Å²) in [6.07, 6.45) is 5.19. The number of halogens is 1. The molecule has 0 radical (unpaired) electrons. The van der Waals surface area contributed by atoms with E-state index in [2.05, 4.69) is 13.2 Å². The molecule has 0 aliphatic heterocycles. The summed E-state index contributed by atoms with van der Waals surface area (Å²) >= 11 is 0. The van der Waals surface area contributed by atoms with E-state index < -0.39 is 47.7 Å². The van der Waals surface area contributed by atoms with Gasteiger partial charge in [0.25, 0.3) is 0 Å². The molecule has 240 valence electrons. The number of carboxylic acids is 1. The number of carboxylic acid groups (broad SMARTS) is 1. The number of ether oxygens (including phenoxy) is 3. The van der Waals surface area contributed by atoms with Crippen molar-refractivity contribution in [3.63, 3.8) is 0 Å². The molecule has 11 heteroatoms. The number of aliphatic hydroxyl groups is 1. The van der Waals surface area contributed by atoms with Crippen molar-refractivity contribution < 1.29 is 38.8 Å². The van der Waals surface area contributed by atoms with Gasteiger partial charge in [-0.3, -0.25) is 9.69 Å². The zero-order valence-electron chi connectivity index (χ0n) is 26.1. The Morgan fingerprint density at radius 3 is 2.23 bits per heavy atom. The number of rotatable bonds is 14. The Labute approximate surface area is 261 Å². The highest BCUT2D eigenvalue weighted by molar-refractivity contribution is 5.87. The smallest absolute Gasteiger partial charge is 0.335 e. The molecule has 1 aliphatic carbocycles. The van der Waals surface area contributed by atoms with Gasteiger partial charge in [0.1, 0.15) is 6.10 Å². The summed E-state index contributed by atoms with van der Waals surface area (Å²) in [5, 5.41) is 21.3. The Bertz CT molecular complexity index is 1150. The van der Waals surface area contributed by atoms with Crippen molar-refractivity contribution in [2.75, 3.05) is 26.8 Å². The van der Waals surface area contributed by atoms with Crippen molar-refractivity contribution in [1.29, 1.82) is 0 Å². The van der Waals surface area contributed by atoms with E-state index in [1.165, 1.54) is 20.1 Å². The lowest BCUT2D eigenvalue weighted by Gasteiger charge is -2.54. The van der Waals surface area contributed by atoms with Crippen LogP contribution in [0.5, 0.6) is 11.5 Å². The van der Waals surface area contributed by atoms with Crippen LogP contribution in [0.2, 0.25) is 0 Å². The lowest BCUT2D eigenvalue weighted by Crippen LogP contribution is -2.69. The van der Waals surface area contributed by atoms with Gasteiger partial charge in [-0.05, 0) is 51.0 Å². The number of hydrogen-bond donors (Lipinski definition) is 2. The van der Waals surface area contributed by atoms with Gasteiger partial charge < -0.3 is 29.3 Å². The molecule has 0 aromatic heterocycles. The SMILES string of the molecule is C=CCN(CC=C)[C@@H]1C[C@@](O)(C(=O)O)C[C@@H](OC(=O)/C=C/c2ccc(OCCC)c(OC)c2)[C@H]1N(C(C)=O)C(C)(C)C.Cl. The average molecular weight is 623 g/mol. The van der Waals surface area contributed by atoms with Crippen molar-refractivity contribution in [1.82, 2.24) is 9.80 Å². The largest absolute Gasteiger partial charge is 0.493 e. The summed E-state index contributed by atoms with van der Waals surface area (Å²) in [7, 11) is 1.52. The van der Waals surface area contributed by atoms with Crippen LogP contribution in [-0.4, -0.2) is 94.0 Å². The van der Waals surface area contributed by atoms with Crippen molar-refractivity contribution in [3.8, 4) is 11.5 Å². The molecule has 4 atom stereocenters. The zero-order chi connectivity index (χ0) is 31.7. The van der Waals surface area contributed by atoms with E-state index in [1.54, 1.807) is 41.3 Å². The van der Waals surface area contributed by atoms with Crippen LogP contribution >= 0.6 is 12.4 Å². The molecule has 2 rings (SSSR count). The molecule has 1 saturated carbocycles. The van der Waals surface area contributed by atoms with Gasteiger partial charge in [-0.25, -0.2) is 9.59 Å². The first-order valence-corrected chi connectivity index (χ1v) is 14.1. The van der Waals surface area contributed by atoms with E-state index in [0.29, 0.717) is 36.8 Å². The first-order valence-electron chi connectivity index (χ1n) is 14.1. The predicted octanol–water partition coefficient (Wildman–Crippen LogP) is 4.50. The molecule has 1 aromatic carbocycles. The van der Waals surface area contributed by atoms with Crippen LogP contribution in [0.15, 0.2) is 49.6 Å². The molecule has 43 heavy (non-hydrogen) atoms. The first-order chi connectivity index (χ1) is 19.7. The van der Waals surface area contributed by atoms with Gasteiger partial charge >= 0.3 is 11.9 Å². The topological polar surface area (TPSA) is 126 Å². The van der Waals surface area contributed by atoms with Gasteiger partial charge in [0.2, 0.25) is 5.91 Å². The average Bonchev–Trinajstić information content (AvgIpc) is 2.91. The van der Waals surface area contributed by atoms with Gasteiger partial charge in [0.15, 0.2) is 17.1 Å². The summed E-state index contributed by atoms with van der Waals surface area (Å²) in [5.74, 6) is -1.36. The van der Waals surface area contributed by atoms with Crippen LogP contribution in [0, 0.1) is 0 Å². The third-order valence-electron chi connectivity index (χ3n) is 7.14. The summed E-state index contributed by atoms with van der Waals surface area (Å²) in [4.78, 5) is 42.1. The van der Waals surface area contributed by atoms with Crippen molar-refractivity contribution in [2.24, 2.45) is 0 Å². The van der Waals surface area contributed by atoms with Crippen LogP contribution in [0.25, 0.3) is 6.08 Å². The minimum absolute atomic E-state index is 0. The summed E-state index contributed by atoms with van der Waals surface area (Å²) in [5.41, 5.74) is -2.26. The van der Waals surface area contributed by atoms with Gasteiger partial charge in [0, 0.05) is 50.5 Å². The van der Waals surface area contributed by atoms with Gasteiger partial charge in [-0.2, -0.15) is 0 Å². The third kappa shape index (κ3) is 9.84. The van der Waals surface area contributed by atoms with Crippen molar-refractivity contribution in [2.45, 2.75) is 83.2 Å². The van der Waals surface area contributed by atoms with Crippen LogP contribution in [-0.2, 0) is 19.1 Å². The number of carbonyl (C=O) groups is 3. The monoisotopic (exact) mass is 622 g/mol. The second-order valence-electron chi connectivity index (χ2n) is 11.5. The maximum absolute atomic E-state index is 13.2. The molecule has 0 saturated heterocycles. The van der Waals surface area contributed by atoms with E-state index in [4.69, 9.17) is 14.2 Å². The Balaban J connectivity index is 0.00000924. The number of hydrogen-bond acceptors (Lipinski definition) is 8. The molecule has 2 N–H and O–H groups in total. The Kier molecular flexibility index (Phi) is 14.5. The first kappa shape index (κ1) is 37.7. The second-order valence-corrected chi connectivity index (χ2v) is 11.5. The lowest BCUT2D eigenvalue weighted by atomic mass is 9.74. The molecular formula is C32H47ClN2O8. The number of methoxy groups -OCH3 is 1. The van der Waals surface area contributed by atoms with Gasteiger partial charge in [-0.15, -0.1) is 25.6 Å². The van der Waals surface area contributed by atoms with Crippen molar-refractivity contribution in [3.05, 3.63) is 55.1 Å². The Morgan fingerprint density at radius 1 is 1.12 bits per heavy atom. The van der Waals surface area contributed by atoms with E-state index in [9.17, 15) is 24.6 Å². The predicted molar refractivity (Wildman–Crippen MR) is 169 cm³/mol. The minimum Gasteiger partial charge on any atom is -0.493 e. The highest BCUT2D eigenvalue weighted by Gasteiger charge is 2.56. The molecule has 0 bridgehead atoms. The number of nitrogens with zero attached hydrogens (tertiary/aromatic N) is 2. The van der Waals surface area contributed by atoms with E-state index >= 15 is 0 Å². The molecule has 1 aromatic rings. The highest BCUT2D eigenvalue weighted by atomic mass is 35.5. The fourth-order valence-electron chi connectivity index (χ4n) is 5.50. The van der Waals surface area contributed by atoms with E-state index in [-0.39, 0.29) is 24.7 Å². The molecule has 0 heterocycles. The lowest BCUT2D eigenvalue weighted by molar-refractivity contribution is -0.189. The molecule has 10 nitrogen and oxygen atoms in total. The normalized spacial score (nSPS) is 21.9. The molecular weight excluding hydrogens is 576 g/mol. The summed E-state index contributed by atoms with van der Waals surface area (Å²) in [6, 6.07) is 3.77. The number of esters is 1. The van der Waals surface area contributed by atoms with E-state index in [1.807, 2.05) is 32.6 Å². The second kappa shape index (κ2) is 16.5. The van der Waals surface area contributed by atoms with E-state index in [0.717, 1.165) is 6.42 Å². The summed E-state index contributed by atoms with van der Waals surface area (Å²) in [6.45, 7) is 17.8. The maximum Gasteiger partial charge on any atom is 0.335 e. The molecule has 1 fully saturated rings. The molecule has 1 aliphatic rings. The van der Waals surface area contributed by atoms with Crippen LogP contribution < -0.4 is 9.47 Å². The van der Waals surface area contributed by atoms with Gasteiger partial charge in [0.05, 0.1) is 19.8 Å². The van der Waals surface area contributed by atoms with Crippen LogP contribution in [0.1, 0.15) is 59.4 Å². The Hall–Kier alpha value is -3.34. The fourth-order valence-corrected chi connectivity index (χ4v) is 5.50. The number of amides is 1. The number of benzene rings is 1. The van der Waals surface area contributed by atoms with Gasteiger partial charge in [-0.1, -0.05) is 25.1 Å². The number of aliphatic carboxylic acids is 1. The van der Waals surface area contributed by atoms with Crippen LogP contribution in [0.4, 0.5) is 0 Å². The highest BCUT2D eigenvalue weighted by Crippen LogP contribution is 2.39. The number of carbonyl (C=O) groups excluding carboxylic acids is 2.